The maximum atomic E-state index is 12.3. The Morgan fingerprint density at radius 3 is 2.40 bits per heavy atom. The third kappa shape index (κ3) is 1.56. The molecule has 1 saturated carbocycles. The van der Waals surface area contributed by atoms with Crippen molar-refractivity contribution in [2.45, 2.75) is 47.0 Å². The van der Waals surface area contributed by atoms with Crippen LogP contribution in [0, 0.1) is 23.7 Å². The van der Waals surface area contributed by atoms with Gasteiger partial charge in [0.25, 0.3) is 0 Å². The predicted octanol–water partition coefficient (Wildman–Crippen LogP) is 3.59. The Morgan fingerprint density at radius 1 is 1.20 bits per heavy atom. The van der Waals surface area contributed by atoms with E-state index in [1.165, 1.54) is 30.4 Å². The molecule has 0 aromatic heterocycles. The number of hydrogen-bond acceptors (Lipinski definition) is 1. The molecule has 2 atom stereocenters. The van der Waals surface area contributed by atoms with Crippen LogP contribution in [0.4, 0.5) is 0 Å². The van der Waals surface area contributed by atoms with Crippen molar-refractivity contribution in [2.24, 2.45) is 23.7 Å². The molecule has 84 valence electrons. The van der Waals surface area contributed by atoms with E-state index in [1.54, 1.807) is 0 Å². The first kappa shape index (κ1) is 10.9. The second kappa shape index (κ2) is 3.77. The van der Waals surface area contributed by atoms with Gasteiger partial charge in [-0.1, -0.05) is 33.3 Å². The number of Topliss-reactive ketones (excluding diaryl/α,β-unsaturated/α-hetero) is 1. The van der Waals surface area contributed by atoms with Crippen LogP contribution in [0.1, 0.15) is 47.0 Å². The number of hydrogen-bond donors (Lipinski definition) is 0. The van der Waals surface area contributed by atoms with Gasteiger partial charge in [0.2, 0.25) is 0 Å². The zero-order valence-electron chi connectivity index (χ0n) is 10.3. The van der Waals surface area contributed by atoms with E-state index >= 15 is 0 Å². The smallest absolute Gasteiger partial charge is 0.163 e. The van der Waals surface area contributed by atoms with E-state index in [0.29, 0.717) is 29.5 Å². The first-order valence-electron chi connectivity index (χ1n) is 6.31. The van der Waals surface area contributed by atoms with E-state index < -0.39 is 0 Å². The molecule has 2 rings (SSSR count). The van der Waals surface area contributed by atoms with Gasteiger partial charge in [0.15, 0.2) is 5.78 Å². The van der Waals surface area contributed by atoms with Gasteiger partial charge in [-0.25, -0.2) is 0 Å². The molecule has 0 bridgehead atoms. The fraction of sp³-hybridized carbons (Fsp3) is 0.786. The molecule has 15 heavy (non-hydrogen) atoms. The second-order valence-corrected chi connectivity index (χ2v) is 5.73. The number of allylic oxidation sites excluding steroid dienone is 2. The highest BCUT2D eigenvalue weighted by Crippen LogP contribution is 2.49. The molecule has 1 heteroatoms. The third-order valence-electron chi connectivity index (χ3n) is 4.05. The Bertz CT molecular complexity index is 309. The Morgan fingerprint density at radius 2 is 1.87 bits per heavy atom. The maximum absolute atomic E-state index is 12.3. The van der Waals surface area contributed by atoms with Crippen LogP contribution in [-0.2, 0) is 4.79 Å². The minimum absolute atomic E-state index is 0.305. The summed E-state index contributed by atoms with van der Waals surface area (Å²) in [5.41, 5.74) is 2.71. The highest BCUT2D eigenvalue weighted by molar-refractivity contribution is 6.01. The van der Waals surface area contributed by atoms with Crippen LogP contribution in [0.15, 0.2) is 11.1 Å². The number of ketones is 1. The summed E-state index contributed by atoms with van der Waals surface area (Å²) in [4.78, 5) is 12.3. The van der Waals surface area contributed by atoms with E-state index in [-0.39, 0.29) is 0 Å². The molecule has 0 aliphatic heterocycles. The molecule has 0 aromatic rings. The van der Waals surface area contributed by atoms with Crippen molar-refractivity contribution in [1.82, 2.24) is 0 Å². The molecule has 1 fully saturated rings. The fourth-order valence-electron chi connectivity index (χ4n) is 3.55. The highest BCUT2D eigenvalue weighted by Gasteiger charge is 2.45. The van der Waals surface area contributed by atoms with Gasteiger partial charge < -0.3 is 0 Å². The standard InChI is InChI=1S/C14H22O/c1-8(2)12-10-6-5-7-11(10)13(9(3)4)14(12)15/h8-10,12H,5-7H2,1-4H3. The Balaban J connectivity index is 2.38. The fourth-order valence-corrected chi connectivity index (χ4v) is 3.55. The number of carbonyl (C=O) groups is 1. The third-order valence-corrected chi connectivity index (χ3v) is 4.05. The predicted molar refractivity (Wildman–Crippen MR) is 62.5 cm³/mol. The van der Waals surface area contributed by atoms with Crippen LogP contribution >= 0.6 is 0 Å². The Hall–Kier alpha value is -0.590. The van der Waals surface area contributed by atoms with Crippen LogP contribution < -0.4 is 0 Å². The minimum atomic E-state index is 0.305. The van der Waals surface area contributed by atoms with Crippen molar-refractivity contribution in [3.05, 3.63) is 11.1 Å². The summed E-state index contributed by atoms with van der Waals surface area (Å²) < 4.78 is 0. The van der Waals surface area contributed by atoms with E-state index in [0.717, 1.165) is 0 Å². The topological polar surface area (TPSA) is 17.1 Å². The zero-order valence-corrected chi connectivity index (χ0v) is 10.3. The molecule has 0 aromatic carbocycles. The molecular formula is C14H22O. The summed E-state index contributed by atoms with van der Waals surface area (Å²) in [7, 11) is 0. The van der Waals surface area contributed by atoms with Crippen molar-refractivity contribution >= 4 is 5.78 Å². The molecule has 2 aliphatic carbocycles. The van der Waals surface area contributed by atoms with Gasteiger partial charge in [-0.15, -0.1) is 0 Å². The monoisotopic (exact) mass is 206 g/mol. The summed E-state index contributed by atoms with van der Waals surface area (Å²) in [6.45, 7) is 8.72. The van der Waals surface area contributed by atoms with Crippen molar-refractivity contribution in [3.63, 3.8) is 0 Å². The molecular weight excluding hydrogens is 184 g/mol. The first-order chi connectivity index (χ1) is 7.04. The van der Waals surface area contributed by atoms with Gasteiger partial charge in [0.1, 0.15) is 0 Å². The number of carbonyl (C=O) groups excluding carboxylic acids is 1. The van der Waals surface area contributed by atoms with Gasteiger partial charge in [-0.05, 0) is 42.6 Å². The van der Waals surface area contributed by atoms with Crippen LogP contribution in [0.2, 0.25) is 0 Å². The molecule has 0 spiro atoms. The largest absolute Gasteiger partial charge is 0.294 e. The van der Waals surface area contributed by atoms with Gasteiger partial charge in [0.05, 0.1) is 0 Å². The molecule has 0 heterocycles. The normalized spacial score (nSPS) is 30.9. The summed E-state index contributed by atoms with van der Waals surface area (Å²) in [6.07, 6.45) is 3.74. The molecule has 0 saturated heterocycles. The molecule has 0 N–H and O–H groups in total. The van der Waals surface area contributed by atoms with Crippen LogP contribution in [-0.4, -0.2) is 5.78 Å². The number of fused-ring (bicyclic) bond motifs is 1. The van der Waals surface area contributed by atoms with Crippen molar-refractivity contribution in [2.75, 3.05) is 0 Å². The van der Waals surface area contributed by atoms with Gasteiger partial charge >= 0.3 is 0 Å². The zero-order chi connectivity index (χ0) is 11.2. The lowest BCUT2D eigenvalue weighted by molar-refractivity contribution is -0.120. The molecule has 2 unspecified atom stereocenters. The van der Waals surface area contributed by atoms with Crippen LogP contribution in [0.25, 0.3) is 0 Å². The lowest BCUT2D eigenvalue weighted by atomic mass is 9.82. The highest BCUT2D eigenvalue weighted by atomic mass is 16.1. The summed E-state index contributed by atoms with van der Waals surface area (Å²) in [5.74, 6) is 2.32. The van der Waals surface area contributed by atoms with E-state index in [2.05, 4.69) is 27.7 Å². The summed E-state index contributed by atoms with van der Waals surface area (Å²) in [6, 6.07) is 0. The lowest BCUT2D eigenvalue weighted by Gasteiger charge is -2.20. The summed E-state index contributed by atoms with van der Waals surface area (Å²) >= 11 is 0. The molecule has 0 radical (unpaired) electrons. The van der Waals surface area contributed by atoms with Crippen molar-refractivity contribution in [1.29, 1.82) is 0 Å². The minimum Gasteiger partial charge on any atom is -0.294 e. The average molecular weight is 206 g/mol. The van der Waals surface area contributed by atoms with Crippen LogP contribution in [0.3, 0.4) is 0 Å². The lowest BCUT2D eigenvalue weighted by Crippen LogP contribution is -2.23. The second-order valence-electron chi connectivity index (χ2n) is 5.73. The molecule has 0 amide bonds. The Labute approximate surface area is 92.9 Å². The van der Waals surface area contributed by atoms with Crippen molar-refractivity contribution < 1.29 is 4.79 Å². The number of rotatable bonds is 2. The van der Waals surface area contributed by atoms with Gasteiger partial charge in [-0.2, -0.15) is 0 Å². The Kier molecular flexibility index (Phi) is 2.74. The van der Waals surface area contributed by atoms with E-state index in [1.807, 2.05) is 0 Å². The first-order valence-corrected chi connectivity index (χ1v) is 6.31. The van der Waals surface area contributed by atoms with Crippen LogP contribution in [0.5, 0.6) is 0 Å². The summed E-state index contributed by atoms with van der Waals surface area (Å²) in [5, 5.41) is 0. The van der Waals surface area contributed by atoms with Gasteiger partial charge in [0, 0.05) is 5.92 Å². The molecule has 1 nitrogen and oxygen atoms in total. The van der Waals surface area contributed by atoms with Gasteiger partial charge in [-0.3, -0.25) is 4.79 Å². The quantitative estimate of drug-likeness (QED) is 0.674. The van der Waals surface area contributed by atoms with Crippen molar-refractivity contribution in [3.8, 4) is 0 Å². The average Bonchev–Trinajstić information content (AvgIpc) is 2.60. The maximum Gasteiger partial charge on any atom is 0.163 e. The SMILES string of the molecule is CC(C)C1=C2CCCC2C(C(C)C)C1=O. The van der Waals surface area contributed by atoms with E-state index in [4.69, 9.17) is 0 Å². The molecule has 2 aliphatic rings. The van der Waals surface area contributed by atoms with E-state index in [9.17, 15) is 4.79 Å².